The van der Waals surface area contributed by atoms with Crippen LogP contribution in [0.4, 0.5) is 5.69 Å². The average molecular weight is 431 g/mol. The van der Waals surface area contributed by atoms with Gasteiger partial charge in [0.1, 0.15) is 18.1 Å². The van der Waals surface area contributed by atoms with E-state index in [0.717, 1.165) is 17.0 Å². The molecular formula is C25H26N4O3. The van der Waals surface area contributed by atoms with Crippen LogP contribution in [0.3, 0.4) is 0 Å². The summed E-state index contributed by atoms with van der Waals surface area (Å²) in [5.74, 6) is 0.910. The predicted molar refractivity (Wildman–Crippen MR) is 122 cm³/mol. The third kappa shape index (κ3) is 4.56. The Labute approximate surface area is 187 Å². The molecule has 0 saturated carbocycles. The van der Waals surface area contributed by atoms with Gasteiger partial charge in [-0.25, -0.2) is 0 Å². The summed E-state index contributed by atoms with van der Waals surface area (Å²) in [4.78, 5) is 13.1. The SMILES string of the molecule is Cc1cccc(Cn2nc(C)c(NC(=O)c3noc(C)c3COc3ccccc3)c2C)c1. The molecule has 0 saturated heterocycles. The highest BCUT2D eigenvalue weighted by Crippen LogP contribution is 2.23. The van der Waals surface area contributed by atoms with Gasteiger partial charge in [0.05, 0.1) is 29.2 Å². The molecule has 0 fully saturated rings. The highest BCUT2D eigenvalue weighted by atomic mass is 16.5. The smallest absolute Gasteiger partial charge is 0.278 e. The number of nitrogens with one attached hydrogen (secondary N) is 1. The molecule has 32 heavy (non-hydrogen) atoms. The fraction of sp³-hybridized carbons (Fsp3) is 0.240. The van der Waals surface area contributed by atoms with Gasteiger partial charge >= 0.3 is 0 Å². The Balaban J connectivity index is 1.51. The number of carbonyl (C=O) groups is 1. The molecule has 7 nitrogen and oxygen atoms in total. The summed E-state index contributed by atoms with van der Waals surface area (Å²) in [5, 5.41) is 11.6. The highest BCUT2D eigenvalue weighted by Gasteiger charge is 2.23. The third-order valence-electron chi connectivity index (χ3n) is 5.36. The first-order valence-electron chi connectivity index (χ1n) is 10.5. The van der Waals surface area contributed by atoms with E-state index >= 15 is 0 Å². The maximum absolute atomic E-state index is 13.1. The Hall–Kier alpha value is -3.87. The number of hydrogen-bond donors (Lipinski definition) is 1. The molecule has 0 bridgehead atoms. The van der Waals surface area contributed by atoms with Crippen LogP contribution < -0.4 is 10.1 Å². The molecule has 0 aliphatic carbocycles. The van der Waals surface area contributed by atoms with Gasteiger partial charge in [0, 0.05) is 0 Å². The van der Waals surface area contributed by atoms with Crippen LogP contribution in [0.25, 0.3) is 0 Å². The first-order chi connectivity index (χ1) is 15.4. The molecule has 0 radical (unpaired) electrons. The maximum Gasteiger partial charge on any atom is 0.278 e. The number of para-hydroxylation sites is 1. The Bertz CT molecular complexity index is 1240. The first-order valence-corrected chi connectivity index (χ1v) is 10.5. The van der Waals surface area contributed by atoms with Crippen LogP contribution in [0, 0.1) is 27.7 Å². The summed E-state index contributed by atoms with van der Waals surface area (Å²) in [5.41, 5.74) is 5.48. The number of ether oxygens (including phenoxy) is 1. The van der Waals surface area contributed by atoms with Gasteiger partial charge in [0.2, 0.25) is 0 Å². The largest absolute Gasteiger partial charge is 0.489 e. The van der Waals surface area contributed by atoms with Crippen molar-refractivity contribution in [1.29, 1.82) is 0 Å². The minimum absolute atomic E-state index is 0.187. The van der Waals surface area contributed by atoms with Gasteiger partial charge in [0.15, 0.2) is 5.69 Å². The summed E-state index contributed by atoms with van der Waals surface area (Å²) >= 11 is 0. The normalized spacial score (nSPS) is 10.9. The molecule has 7 heteroatoms. The van der Waals surface area contributed by atoms with Crippen LogP contribution in [0.5, 0.6) is 5.75 Å². The fourth-order valence-corrected chi connectivity index (χ4v) is 3.60. The molecule has 4 rings (SSSR count). The van der Waals surface area contributed by atoms with Crippen LogP contribution in [0.1, 0.15) is 44.3 Å². The maximum atomic E-state index is 13.1. The van der Waals surface area contributed by atoms with Crippen molar-refractivity contribution in [3.05, 3.63) is 94.1 Å². The van der Waals surface area contributed by atoms with Crippen LogP contribution in [-0.2, 0) is 13.2 Å². The van der Waals surface area contributed by atoms with Crippen molar-refractivity contribution in [1.82, 2.24) is 14.9 Å². The molecule has 1 amide bonds. The van der Waals surface area contributed by atoms with Gasteiger partial charge < -0.3 is 14.6 Å². The lowest BCUT2D eigenvalue weighted by atomic mass is 10.1. The van der Waals surface area contributed by atoms with Gasteiger partial charge in [-0.05, 0) is 45.4 Å². The summed E-state index contributed by atoms with van der Waals surface area (Å²) in [6.07, 6.45) is 0. The lowest BCUT2D eigenvalue weighted by molar-refractivity contribution is 0.101. The van der Waals surface area contributed by atoms with Crippen LogP contribution in [0.15, 0.2) is 59.1 Å². The molecule has 0 atom stereocenters. The van der Waals surface area contributed by atoms with Gasteiger partial charge in [-0.1, -0.05) is 53.2 Å². The van der Waals surface area contributed by atoms with E-state index in [9.17, 15) is 4.79 Å². The number of aryl methyl sites for hydroxylation is 3. The molecule has 2 aromatic heterocycles. The number of rotatable bonds is 7. The average Bonchev–Trinajstić information content (AvgIpc) is 3.27. The van der Waals surface area contributed by atoms with Crippen molar-refractivity contribution in [2.45, 2.75) is 40.8 Å². The molecule has 164 valence electrons. The van der Waals surface area contributed by atoms with Crippen molar-refractivity contribution in [2.75, 3.05) is 5.32 Å². The third-order valence-corrected chi connectivity index (χ3v) is 5.36. The molecule has 2 aromatic carbocycles. The molecular weight excluding hydrogens is 404 g/mol. The second-order valence-electron chi connectivity index (χ2n) is 7.81. The lowest BCUT2D eigenvalue weighted by Crippen LogP contribution is -2.16. The van der Waals surface area contributed by atoms with Crippen molar-refractivity contribution < 1.29 is 14.1 Å². The number of anilines is 1. The van der Waals surface area contributed by atoms with Crippen molar-refractivity contribution in [3.63, 3.8) is 0 Å². The van der Waals surface area contributed by atoms with E-state index < -0.39 is 0 Å². The van der Waals surface area contributed by atoms with Gasteiger partial charge in [0.25, 0.3) is 5.91 Å². The molecule has 1 N–H and O–H groups in total. The number of hydrogen-bond acceptors (Lipinski definition) is 5. The predicted octanol–water partition coefficient (Wildman–Crippen LogP) is 4.98. The quantitative estimate of drug-likeness (QED) is 0.447. The second-order valence-corrected chi connectivity index (χ2v) is 7.81. The van der Waals surface area contributed by atoms with Crippen molar-refractivity contribution in [3.8, 4) is 5.75 Å². The summed E-state index contributed by atoms with van der Waals surface area (Å²) in [7, 11) is 0. The Morgan fingerprint density at radius 3 is 2.59 bits per heavy atom. The van der Waals surface area contributed by atoms with E-state index in [4.69, 9.17) is 9.26 Å². The van der Waals surface area contributed by atoms with E-state index in [1.54, 1.807) is 6.92 Å². The van der Waals surface area contributed by atoms with Gasteiger partial charge in [-0.2, -0.15) is 5.10 Å². The highest BCUT2D eigenvalue weighted by molar-refractivity contribution is 6.04. The number of amides is 1. The second kappa shape index (κ2) is 9.09. The minimum Gasteiger partial charge on any atom is -0.489 e. The Morgan fingerprint density at radius 2 is 1.84 bits per heavy atom. The lowest BCUT2D eigenvalue weighted by Gasteiger charge is -2.08. The van der Waals surface area contributed by atoms with E-state index in [-0.39, 0.29) is 18.2 Å². The van der Waals surface area contributed by atoms with E-state index in [1.807, 2.05) is 54.9 Å². The zero-order chi connectivity index (χ0) is 22.7. The topological polar surface area (TPSA) is 82.2 Å². The van der Waals surface area contributed by atoms with Gasteiger partial charge in [-0.15, -0.1) is 0 Å². The van der Waals surface area contributed by atoms with E-state index in [0.29, 0.717) is 29.3 Å². The van der Waals surface area contributed by atoms with Crippen molar-refractivity contribution in [2.24, 2.45) is 0 Å². The van der Waals surface area contributed by atoms with Gasteiger partial charge in [-0.3, -0.25) is 9.48 Å². The first kappa shape index (κ1) is 21.4. The van der Waals surface area contributed by atoms with Crippen molar-refractivity contribution >= 4 is 11.6 Å². The zero-order valence-corrected chi connectivity index (χ0v) is 18.7. The summed E-state index contributed by atoms with van der Waals surface area (Å²) < 4.78 is 13.0. The van der Waals surface area contributed by atoms with Crippen LogP contribution in [0.2, 0.25) is 0 Å². The Kier molecular flexibility index (Phi) is 6.07. The van der Waals surface area contributed by atoms with E-state index in [1.165, 1.54) is 5.56 Å². The zero-order valence-electron chi connectivity index (χ0n) is 18.7. The van der Waals surface area contributed by atoms with E-state index in [2.05, 4.69) is 40.7 Å². The van der Waals surface area contributed by atoms with Crippen LogP contribution in [-0.4, -0.2) is 20.8 Å². The van der Waals surface area contributed by atoms with Crippen LogP contribution >= 0.6 is 0 Å². The molecule has 0 spiro atoms. The molecule has 0 aliphatic heterocycles. The molecule has 4 aromatic rings. The molecule has 0 unspecified atom stereocenters. The number of benzene rings is 2. The number of nitrogens with zero attached hydrogens (tertiary/aromatic N) is 3. The standard InChI is InChI=1S/C25H26N4O3/c1-16-9-8-10-20(13-16)14-29-18(3)23(17(2)27-29)26-25(30)24-22(19(4)32-28-24)15-31-21-11-6-5-7-12-21/h5-13H,14-15H2,1-4H3,(H,26,30). The number of aromatic nitrogens is 3. The minimum atomic E-state index is -0.352. The Morgan fingerprint density at radius 1 is 1.06 bits per heavy atom. The fourth-order valence-electron chi connectivity index (χ4n) is 3.60. The number of carbonyl (C=O) groups excluding carboxylic acids is 1. The summed E-state index contributed by atoms with van der Waals surface area (Å²) in [6, 6.07) is 17.7. The molecule has 0 aliphatic rings. The molecule has 2 heterocycles. The monoisotopic (exact) mass is 430 g/mol. The summed E-state index contributed by atoms with van der Waals surface area (Å²) in [6.45, 7) is 8.47.